The first kappa shape index (κ1) is 22.2. The minimum atomic E-state index is -0.117. The Morgan fingerprint density at radius 1 is 1.07 bits per heavy atom. The van der Waals surface area contributed by atoms with E-state index in [0.29, 0.717) is 12.5 Å². The van der Waals surface area contributed by atoms with Gasteiger partial charge in [0.1, 0.15) is 11.6 Å². The van der Waals surface area contributed by atoms with Gasteiger partial charge in [0.25, 0.3) is 0 Å². The lowest BCUT2D eigenvalue weighted by Crippen LogP contribution is -2.54. The number of likely N-dealkylation sites (N-methyl/N-ethyl adjacent to an activating group) is 1. The Bertz CT molecular complexity index is 831. The maximum atomic E-state index is 13.1. The van der Waals surface area contributed by atoms with Gasteiger partial charge in [-0.25, -0.2) is 9.97 Å². The number of piperazine rings is 1. The van der Waals surface area contributed by atoms with E-state index in [1.54, 1.807) is 0 Å². The number of rotatable bonds is 7. The summed E-state index contributed by atoms with van der Waals surface area (Å²) in [6, 6.07) is 12.2. The van der Waals surface area contributed by atoms with Gasteiger partial charge in [-0.3, -0.25) is 9.69 Å². The summed E-state index contributed by atoms with van der Waals surface area (Å²) in [4.78, 5) is 29.0. The molecule has 2 aromatic rings. The van der Waals surface area contributed by atoms with Crippen molar-refractivity contribution in [2.24, 2.45) is 0 Å². The van der Waals surface area contributed by atoms with Gasteiger partial charge in [-0.2, -0.15) is 0 Å². The highest BCUT2D eigenvalue weighted by Crippen LogP contribution is 2.20. The Kier molecular flexibility index (Phi) is 7.43. The molecule has 0 N–H and O–H groups in total. The van der Waals surface area contributed by atoms with Crippen LogP contribution in [0, 0.1) is 6.92 Å². The number of carbonyl (C=O) groups is 1. The second-order valence-corrected chi connectivity index (χ2v) is 8.42. The van der Waals surface area contributed by atoms with Gasteiger partial charge in [0.2, 0.25) is 5.91 Å². The molecule has 0 unspecified atom stereocenters. The van der Waals surface area contributed by atoms with Crippen LogP contribution in [-0.2, 0) is 11.3 Å². The average Bonchev–Trinajstić information content (AvgIpc) is 2.77. The monoisotopic (exact) mass is 409 g/mol. The van der Waals surface area contributed by atoms with Crippen molar-refractivity contribution in [1.82, 2.24) is 19.8 Å². The Labute approximate surface area is 180 Å². The lowest BCUT2D eigenvalue weighted by molar-refractivity contribution is -0.137. The molecule has 0 bridgehead atoms. The minimum absolute atomic E-state index is 0.117. The van der Waals surface area contributed by atoms with Crippen LogP contribution in [-0.4, -0.2) is 64.4 Å². The zero-order chi connectivity index (χ0) is 21.7. The van der Waals surface area contributed by atoms with E-state index in [9.17, 15) is 4.79 Å². The molecule has 1 aliphatic rings. The molecule has 1 fully saturated rings. The quantitative estimate of drug-likeness (QED) is 0.701. The van der Waals surface area contributed by atoms with Crippen LogP contribution < -0.4 is 4.90 Å². The number of aromatic nitrogens is 2. The van der Waals surface area contributed by atoms with Crippen LogP contribution in [0.2, 0.25) is 0 Å². The predicted octanol–water partition coefficient (Wildman–Crippen LogP) is 3.47. The van der Waals surface area contributed by atoms with E-state index in [2.05, 4.69) is 53.8 Å². The number of anilines is 1. The molecule has 0 aliphatic carbocycles. The van der Waals surface area contributed by atoms with Gasteiger partial charge >= 0.3 is 0 Å². The molecule has 6 heteroatoms. The van der Waals surface area contributed by atoms with Gasteiger partial charge in [-0.1, -0.05) is 44.2 Å². The molecule has 30 heavy (non-hydrogen) atoms. The minimum Gasteiger partial charge on any atom is -0.354 e. The third kappa shape index (κ3) is 5.36. The summed E-state index contributed by atoms with van der Waals surface area (Å²) in [5, 5.41) is 0. The number of hydrogen-bond donors (Lipinski definition) is 0. The summed E-state index contributed by atoms with van der Waals surface area (Å²) in [5.74, 6) is 2.42. The maximum absolute atomic E-state index is 13.1. The van der Waals surface area contributed by atoms with E-state index < -0.39 is 0 Å². The first-order valence-corrected chi connectivity index (χ1v) is 11.1. The molecule has 1 amide bonds. The zero-order valence-electron chi connectivity index (χ0n) is 19.0. The van der Waals surface area contributed by atoms with E-state index in [-0.39, 0.29) is 11.9 Å². The summed E-state index contributed by atoms with van der Waals surface area (Å²) < 4.78 is 0. The third-order valence-electron chi connectivity index (χ3n) is 5.83. The fourth-order valence-electron chi connectivity index (χ4n) is 3.90. The third-order valence-corrected chi connectivity index (χ3v) is 5.83. The Morgan fingerprint density at radius 2 is 1.73 bits per heavy atom. The summed E-state index contributed by atoms with van der Waals surface area (Å²) in [7, 11) is 0. The molecule has 0 saturated carbocycles. The number of aryl methyl sites for hydroxylation is 1. The molecular weight excluding hydrogens is 374 g/mol. The molecular formula is C24H35N5O. The fourth-order valence-corrected chi connectivity index (χ4v) is 3.90. The molecule has 1 aliphatic heterocycles. The van der Waals surface area contributed by atoms with Gasteiger partial charge in [0, 0.05) is 56.9 Å². The smallest absolute Gasteiger partial charge is 0.239 e. The second-order valence-electron chi connectivity index (χ2n) is 8.42. The van der Waals surface area contributed by atoms with E-state index in [4.69, 9.17) is 4.98 Å². The first-order chi connectivity index (χ1) is 14.4. The molecule has 3 rings (SSSR count). The molecule has 2 heterocycles. The van der Waals surface area contributed by atoms with Gasteiger partial charge in [0.15, 0.2) is 0 Å². The van der Waals surface area contributed by atoms with Crippen LogP contribution in [0.1, 0.15) is 50.7 Å². The van der Waals surface area contributed by atoms with Crippen molar-refractivity contribution in [3.63, 3.8) is 0 Å². The summed E-state index contributed by atoms with van der Waals surface area (Å²) in [5.41, 5.74) is 2.18. The fraction of sp³-hybridized carbons (Fsp3) is 0.542. The van der Waals surface area contributed by atoms with Crippen LogP contribution in [0.5, 0.6) is 0 Å². The zero-order valence-corrected chi connectivity index (χ0v) is 19.0. The van der Waals surface area contributed by atoms with Crippen LogP contribution in [0.15, 0.2) is 36.4 Å². The number of carbonyl (C=O) groups excluding carboxylic acids is 1. The average molecular weight is 410 g/mol. The van der Waals surface area contributed by atoms with Crippen LogP contribution >= 0.6 is 0 Å². The van der Waals surface area contributed by atoms with Crippen LogP contribution in [0.4, 0.5) is 5.82 Å². The Morgan fingerprint density at radius 3 is 2.33 bits per heavy atom. The molecule has 1 aromatic heterocycles. The molecule has 6 nitrogen and oxygen atoms in total. The van der Waals surface area contributed by atoms with E-state index in [1.165, 1.54) is 5.56 Å². The van der Waals surface area contributed by atoms with Gasteiger partial charge in [-0.15, -0.1) is 0 Å². The summed E-state index contributed by atoms with van der Waals surface area (Å²) in [6.07, 6.45) is 0. The second kappa shape index (κ2) is 10.0. The molecule has 1 atom stereocenters. The summed E-state index contributed by atoms with van der Waals surface area (Å²) in [6.45, 7) is 15.2. The van der Waals surface area contributed by atoms with Gasteiger partial charge in [0.05, 0.1) is 6.04 Å². The Hall–Kier alpha value is -2.47. The normalized spacial score (nSPS) is 16.0. The summed E-state index contributed by atoms with van der Waals surface area (Å²) >= 11 is 0. The van der Waals surface area contributed by atoms with Crippen molar-refractivity contribution in [2.45, 2.75) is 53.1 Å². The molecule has 1 saturated heterocycles. The van der Waals surface area contributed by atoms with E-state index in [0.717, 1.165) is 50.1 Å². The predicted molar refractivity (Wildman–Crippen MR) is 122 cm³/mol. The molecule has 0 radical (unpaired) electrons. The molecule has 1 aromatic carbocycles. The SMILES string of the molecule is CCN(Cc1ccccc1)C(=O)[C@H](C)N1CCN(c2cc(C)nc(C(C)C)n2)CC1. The lowest BCUT2D eigenvalue weighted by atomic mass is 10.1. The largest absolute Gasteiger partial charge is 0.354 e. The lowest BCUT2D eigenvalue weighted by Gasteiger charge is -2.39. The highest BCUT2D eigenvalue weighted by molar-refractivity contribution is 5.81. The molecule has 162 valence electrons. The van der Waals surface area contributed by atoms with Crippen molar-refractivity contribution in [3.8, 4) is 0 Å². The standard InChI is InChI=1S/C24H35N5O/c1-6-27(17-21-10-8-7-9-11-21)24(30)20(5)28-12-14-29(15-13-28)22-16-19(4)25-23(26-22)18(2)3/h7-11,16,18,20H,6,12-15,17H2,1-5H3/t20-/m0/s1. The van der Waals surface area contributed by atoms with Gasteiger partial charge < -0.3 is 9.80 Å². The number of amides is 1. The number of hydrogen-bond acceptors (Lipinski definition) is 5. The topological polar surface area (TPSA) is 52.6 Å². The van der Waals surface area contributed by atoms with Crippen molar-refractivity contribution in [2.75, 3.05) is 37.6 Å². The van der Waals surface area contributed by atoms with Crippen LogP contribution in [0.3, 0.4) is 0 Å². The molecule has 0 spiro atoms. The first-order valence-electron chi connectivity index (χ1n) is 11.1. The maximum Gasteiger partial charge on any atom is 0.239 e. The number of benzene rings is 1. The van der Waals surface area contributed by atoms with Crippen molar-refractivity contribution in [1.29, 1.82) is 0 Å². The highest BCUT2D eigenvalue weighted by Gasteiger charge is 2.29. The van der Waals surface area contributed by atoms with E-state index >= 15 is 0 Å². The van der Waals surface area contributed by atoms with Crippen molar-refractivity contribution >= 4 is 11.7 Å². The van der Waals surface area contributed by atoms with E-state index in [1.807, 2.05) is 36.9 Å². The van der Waals surface area contributed by atoms with Crippen molar-refractivity contribution < 1.29 is 4.79 Å². The number of nitrogens with zero attached hydrogens (tertiary/aromatic N) is 5. The Balaban J connectivity index is 1.60. The van der Waals surface area contributed by atoms with Gasteiger partial charge in [-0.05, 0) is 26.3 Å². The van der Waals surface area contributed by atoms with Crippen LogP contribution in [0.25, 0.3) is 0 Å². The van der Waals surface area contributed by atoms with Crippen molar-refractivity contribution in [3.05, 3.63) is 53.5 Å². The highest BCUT2D eigenvalue weighted by atomic mass is 16.2.